The fraction of sp³-hybridized carbons (Fsp3) is 0.136. The largest absolute Gasteiger partial charge is 0.465 e. The summed E-state index contributed by atoms with van der Waals surface area (Å²) in [5, 5.41) is 8.96. The van der Waals surface area contributed by atoms with Crippen LogP contribution in [-0.2, 0) is 27.8 Å². The topological polar surface area (TPSA) is 100 Å². The Morgan fingerprint density at radius 1 is 1.03 bits per heavy atom. The van der Waals surface area contributed by atoms with Crippen LogP contribution in [0.15, 0.2) is 77.8 Å². The van der Waals surface area contributed by atoms with Crippen LogP contribution in [0.3, 0.4) is 0 Å². The van der Waals surface area contributed by atoms with E-state index in [1.165, 1.54) is 35.7 Å². The van der Waals surface area contributed by atoms with Gasteiger partial charge in [0, 0.05) is 12.7 Å². The minimum atomic E-state index is -3.86. The van der Waals surface area contributed by atoms with E-state index >= 15 is 0 Å². The lowest BCUT2D eigenvalue weighted by atomic mass is 10.1. The molecule has 0 unspecified atom stereocenters. The molecule has 3 aromatic rings. The lowest BCUT2D eigenvalue weighted by molar-refractivity contribution is 0.0600. The number of ether oxygens (including phenoxy) is 1. The number of sulfonamides is 1. The number of nitriles is 1. The molecule has 3 rings (SSSR count). The Labute approximate surface area is 175 Å². The second-order valence-corrected chi connectivity index (χ2v) is 8.36. The summed E-state index contributed by atoms with van der Waals surface area (Å²) in [6.45, 7) is 0.155. The molecule has 0 N–H and O–H groups in total. The molecule has 0 aliphatic rings. The van der Waals surface area contributed by atoms with Crippen LogP contribution in [0, 0.1) is 11.3 Å². The fourth-order valence-corrected chi connectivity index (χ4v) is 4.22. The Morgan fingerprint density at radius 3 is 2.30 bits per heavy atom. The van der Waals surface area contributed by atoms with E-state index in [2.05, 4.69) is 4.98 Å². The van der Waals surface area contributed by atoms with E-state index in [-0.39, 0.29) is 18.0 Å². The summed E-state index contributed by atoms with van der Waals surface area (Å²) in [6.07, 6.45) is 1.60. The Morgan fingerprint density at radius 2 is 1.73 bits per heavy atom. The molecule has 0 amide bonds. The van der Waals surface area contributed by atoms with Crippen molar-refractivity contribution in [3.8, 4) is 6.07 Å². The van der Waals surface area contributed by atoms with Gasteiger partial charge in [-0.3, -0.25) is 4.98 Å². The Hall–Kier alpha value is -3.54. The van der Waals surface area contributed by atoms with Gasteiger partial charge in [0.25, 0.3) is 0 Å². The monoisotopic (exact) mass is 421 g/mol. The molecule has 2 aromatic carbocycles. The van der Waals surface area contributed by atoms with Gasteiger partial charge in [-0.2, -0.15) is 9.57 Å². The molecule has 7 nitrogen and oxygen atoms in total. The number of benzene rings is 2. The van der Waals surface area contributed by atoms with Crippen molar-refractivity contribution in [1.82, 2.24) is 9.29 Å². The molecule has 0 aliphatic heterocycles. The maximum atomic E-state index is 13.3. The number of hydrogen-bond acceptors (Lipinski definition) is 6. The van der Waals surface area contributed by atoms with Gasteiger partial charge in [-0.25, -0.2) is 13.2 Å². The van der Waals surface area contributed by atoms with E-state index in [4.69, 9.17) is 10.00 Å². The SMILES string of the molecule is COC(=O)c1ccc(CN(Cc2ccccn2)S(=O)(=O)c2ccc(C#N)cc2)cc1. The summed E-state index contributed by atoms with van der Waals surface area (Å²) >= 11 is 0. The first-order valence-electron chi connectivity index (χ1n) is 9.01. The van der Waals surface area contributed by atoms with Gasteiger partial charge in [0.15, 0.2) is 0 Å². The van der Waals surface area contributed by atoms with Crippen molar-refractivity contribution >= 4 is 16.0 Å². The number of carbonyl (C=O) groups excluding carboxylic acids is 1. The van der Waals surface area contributed by atoms with Gasteiger partial charge in [-0.1, -0.05) is 18.2 Å². The maximum Gasteiger partial charge on any atom is 0.337 e. The van der Waals surface area contributed by atoms with Crippen molar-refractivity contribution in [3.63, 3.8) is 0 Å². The number of rotatable bonds is 7. The molecule has 0 bridgehead atoms. The predicted octanol–water partition coefficient (Wildman–Crippen LogP) is 3.13. The second kappa shape index (κ2) is 9.31. The van der Waals surface area contributed by atoms with Gasteiger partial charge in [-0.15, -0.1) is 0 Å². The number of carbonyl (C=O) groups is 1. The van der Waals surface area contributed by atoms with Crippen LogP contribution in [0.2, 0.25) is 0 Å². The number of hydrogen-bond donors (Lipinski definition) is 0. The zero-order valence-electron chi connectivity index (χ0n) is 16.2. The minimum Gasteiger partial charge on any atom is -0.465 e. The molecule has 8 heteroatoms. The summed E-state index contributed by atoms with van der Waals surface area (Å²) in [5.41, 5.74) is 2.06. The Bertz CT molecular complexity index is 1150. The zero-order valence-corrected chi connectivity index (χ0v) is 17.0. The summed E-state index contributed by atoms with van der Waals surface area (Å²) in [7, 11) is -2.56. The van der Waals surface area contributed by atoms with Crippen molar-refractivity contribution in [2.45, 2.75) is 18.0 Å². The summed E-state index contributed by atoms with van der Waals surface area (Å²) in [4.78, 5) is 15.9. The highest BCUT2D eigenvalue weighted by Crippen LogP contribution is 2.21. The normalized spacial score (nSPS) is 11.1. The lowest BCUT2D eigenvalue weighted by Crippen LogP contribution is -2.30. The van der Waals surface area contributed by atoms with Crippen LogP contribution in [0.1, 0.15) is 27.2 Å². The molecule has 0 atom stereocenters. The third-order valence-corrected chi connectivity index (χ3v) is 6.23. The number of pyridine rings is 1. The molecular weight excluding hydrogens is 402 g/mol. The Balaban J connectivity index is 1.93. The van der Waals surface area contributed by atoms with Gasteiger partial charge in [0.1, 0.15) is 0 Å². The molecule has 30 heavy (non-hydrogen) atoms. The van der Waals surface area contributed by atoms with Crippen molar-refractivity contribution in [3.05, 3.63) is 95.3 Å². The van der Waals surface area contributed by atoms with Crippen LogP contribution < -0.4 is 0 Å². The maximum absolute atomic E-state index is 13.3. The van der Waals surface area contributed by atoms with Crippen molar-refractivity contribution < 1.29 is 17.9 Å². The van der Waals surface area contributed by atoms with Gasteiger partial charge >= 0.3 is 5.97 Å². The summed E-state index contributed by atoms with van der Waals surface area (Å²) in [5.74, 6) is -0.461. The van der Waals surface area contributed by atoms with E-state index < -0.39 is 16.0 Å². The minimum absolute atomic E-state index is 0.0714. The van der Waals surface area contributed by atoms with E-state index in [1.54, 1.807) is 48.7 Å². The van der Waals surface area contributed by atoms with Gasteiger partial charge in [-0.05, 0) is 54.1 Å². The first kappa shape index (κ1) is 21.2. The smallest absolute Gasteiger partial charge is 0.337 e. The van der Waals surface area contributed by atoms with Crippen LogP contribution in [0.5, 0.6) is 0 Å². The quantitative estimate of drug-likeness (QED) is 0.543. The molecule has 0 fully saturated rings. The highest BCUT2D eigenvalue weighted by Gasteiger charge is 2.25. The van der Waals surface area contributed by atoms with E-state index in [0.29, 0.717) is 22.4 Å². The van der Waals surface area contributed by atoms with Crippen LogP contribution in [0.4, 0.5) is 0 Å². The fourth-order valence-electron chi connectivity index (χ4n) is 2.82. The zero-order chi connectivity index (χ0) is 21.6. The average molecular weight is 421 g/mol. The van der Waals surface area contributed by atoms with Crippen LogP contribution in [0.25, 0.3) is 0 Å². The highest BCUT2D eigenvalue weighted by molar-refractivity contribution is 7.89. The van der Waals surface area contributed by atoms with E-state index in [0.717, 1.165) is 0 Å². The van der Waals surface area contributed by atoms with Crippen LogP contribution in [-0.4, -0.2) is 30.8 Å². The number of aromatic nitrogens is 1. The molecule has 0 aliphatic carbocycles. The molecule has 152 valence electrons. The molecule has 0 saturated carbocycles. The second-order valence-electron chi connectivity index (χ2n) is 6.42. The average Bonchev–Trinajstić information content (AvgIpc) is 2.79. The first-order chi connectivity index (χ1) is 14.4. The summed E-state index contributed by atoms with van der Waals surface area (Å²) in [6, 6.07) is 19.6. The van der Waals surface area contributed by atoms with E-state index in [9.17, 15) is 13.2 Å². The molecule has 1 aromatic heterocycles. The third kappa shape index (κ3) is 4.89. The third-order valence-electron chi connectivity index (χ3n) is 4.42. The van der Waals surface area contributed by atoms with Crippen LogP contribution >= 0.6 is 0 Å². The number of methoxy groups -OCH3 is 1. The molecule has 1 heterocycles. The van der Waals surface area contributed by atoms with Gasteiger partial charge in [0.2, 0.25) is 10.0 Å². The van der Waals surface area contributed by atoms with Gasteiger partial charge in [0.05, 0.1) is 41.4 Å². The van der Waals surface area contributed by atoms with Crippen molar-refractivity contribution in [2.75, 3.05) is 7.11 Å². The van der Waals surface area contributed by atoms with Gasteiger partial charge < -0.3 is 4.74 Å². The standard InChI is InChI=1S/C22H19N3O4S/c1-29-22(26)19-9-5-18(6-10-19)15-25(16-20-4-2-3-13-24-20)30(27,28)21-11-7-17(14-23)8-12-21/h2-13H,15-16H2,1H3. The van der Waals surface area contributed by atoms with Crippen molar-refractivity contribution in [2.24, 2.45) is 0 Å². The molecule has 0 radical (unpaired) electrons. The number of nitrogens with zero attached hydrogens (tertiary/aromatic N) is 3. The Kier molecular flexibility index (Phi) is 6.57. The molecular formula is C22H19N3O4S. The lowest BCUT2D eigenvalue weighted by Gasteiger charge is -2.22. The number of esters is 1. The van der Waals surface area contributed by atoms with E-state index in [1.807, 2.05) is 6.07 Å². The first-order valence-corrected chi connectivity index (χ1v) is 10.5. The summed E-state index contributed by atoms with van der Waals surface area (Å²) < 4.78 is 32.6. The highest BCUT2D eigenvalue weighted by atomic mass is 32.2. The molecule has 0 saturated heterocycles. The predicted molar refractivity (Wildman–Crippen MR) is 110 cm³/mol. The molecule has 0 spiro atoms. The van der Waals surface area contributed by atoms with Crippen molar-refractivity contribution in [1.29, 1.82) is 5.26 Å².